The highest BCUT2D eigenvalue weighted by molar-refractivity contribution is 6.02. The maximum Gasteiger partial charge on any atom is 0.323 e. The van der Waals surface area contributed by atoms with Gasteiger partial charge in [0.25, 0.3) is 0 Å². The smallest absolute Gasteiger partial charge is 0.323 e. The minimum absolute atomic E-state index is 0. The van der Waals surface area contributed by atoms with Gasteiger partial charge in [-0.15, -0.1) is 0 Å². The molecular weight excluding hydrogens is 612 g/mol. The van der Waals surface area contributed by atoms with E-state index in [2.05, 4.69) is 17.7 Å². The Bertz CT molecular complexity index is 1340. The lowest BCUT2D eigenvalue weighted by atomic mass is 9.89. The van der Waals surface area contributed by atoms with Crippen LogP contribution in [-0.4, -0.2) is 43.2 Å². The number of benzene rings is 3. The van der Waals surface area contributed by atoms with Crippen LogP contribution in [0.3, 0.4) is 0 Å². The predicted octanol–water partition coefficient (Wildman–Crippen LogP) is 3.00. The fraction of sp³-hybridized carbons (Fsp3) is 0.333. The topological polar surface area (TPSA) is 76.7 Å². The predicted molar refractivity (Wildman–Crippen MR) is 144 cm³/mol. The van der Waals surface area contributed by atoms with Crippen molar-refractivity contribution in [2.45, 2.75) is 32.7 Å². The number of amides is 2. The molecule has 0 aliphatic carbocycles. The highest BCUT2D eigenvalue weighted by Gasteiger charge is 2.32. The number of carbonyl (C=O) groups is 2. The molecular formula is C30H33FIN3O4. The molecule has 2 N–H and O–H groups in total. The number of ketones is 1. The summed E-state index contributed by atoms with van der Waals surface area (Å²) in [6.07, 6.45) is 3.12. The van der Waals surface area contributed by atoms with Crippen LogP contribution in [0.1, 0.15) is 41.3 Å². The largest absolute Gasteiger partial charge is 1.00 e. The van der Waals surface area contributed by atoms with Gasteiger partial charge in [0.15, 0.2) is 17.3 Å². The van der Waals surface area contributed by atoms with E-state index >= 15 is 0 Å². The minimum atomic E-state index is -0.397. The molecule has 0 bridgehead atoms. The maximum atomic E-state index is 13.3. The number of anilines is 2. The van der Waals surface area contributed by atoms with Crippen molar-refractivity contribution in [3.05, 3.63) is 83.2 Å². The lowest BCUT2D eigenvalue weighted by Crippen LogP contribution is -3.00. The van der Waals surface area contributed by atoms with Gasteiger partial charge in [-0.2, -0.15) is 0 Å². The second kappa shape index (κ2) is 12.3. The molecule has 1 fully saturated rings. The molecule has 3 aromatic rings. The normalized spacial score (nSPS) is 19.6. The molecule has 0 saturated carbocycles. The first-order chi connectivity index (χ1) is 18.3. The number of hydrogen-bond acceptors (Lipinski definition) is 4. The second-order valence-corrected chi connectivity index (χ2v) is 10.6. The zero-order valence-electron chi connectivity index (χ0n) is 22.1. The van der Waals surface area contributed by atoms with Crippen LogP contribution in [0.4, 0.5) is 20.6 Å². The third-order valence-electron chi connectivity index (χ3n) is 7.52. The number of hydrogen-bond donors (Lipinski definition) is 2. The Labute approximate surface area is 245 Å². The molecule has 2 aliphatic rings. The molecule has 3 aromatic carbocycles. The van der Waals surface area contributed by atoms with Crippen molar-refractivity contribution in [1.29, 1.82) is 0 Å². The van der Waals surface area contributed by atoms with Gasteiger partial charge in [-0.25, -0.2) is 9.18 Å². The minimum Gasteiger partial charge on any atom is -1.00 e. The summed E-state index contributed by atoms with van der Waals surface area (Å²) < 4.78 is 25.3. The van der Waals surface area contributed by atoms with Gasteiger partial charge in [0.1, 0.15) is 12.4 Å². The number of quaternary nitrogens is 1. The third kappa shape index (κ3) is 7.27. The van der Waals surface area contributed by atoms with E-state index in [1.165, 1.54) is 24.6 Å². The van der Waals surface area contributed by atoms with E-state index in [1.807, 2.05) is 24.3 Å². The van der Waals surface area contributed by atoms with Crippen LogP contribution in [0.15, 0.2) is 60.7 Å². The van der Waals surface area contributed by atoms with Gasteiger partial charge in [-0.05, 0) is 68.0 Å². The summed E-state index contributed by atoms with van der Waals surface area (Å²) in [7, 11) is 2.25. The Balaban J connectivity index is 0.00000353. The molecule has 5 rings (SSSR count). The van der Waals surface area contributed by atoms with Crippen LogP contribution in [-0.2, 0) is 13.0 Å². The van der Waals surface area contributed by atoms with Crippen molar-refractivity contribution < 1.29 is 51.9 Å². The van der Waals surface area contributed by atoms with Crippen molar-refractivity contribution in [2.24, 2.45) is 5.92 Å². The van der Waals surface area contributed by atoms with Gasteiger partial charge in [-0.1, -0.05) is 24.3 Å². The van der Waals surface area contributed by atoms with Crippen molar-refractivity contribution >= 4 is 23.2 Å². The van der Waals surface area contributed by atoms with Crippen molar-refractivity contribution in [1.82, 2.24) is 0 Å². The number of rotatable bonds is 7. The fourth-order valence-electron chi connectivity index (χ4n) is 5.30. The van der Waals surface area contributed by atoms with E-state index in [-0.39, 0.29) is 42.4 Å². The highest BCUT2D eigenvalue weighted by Crippen LogP contribution is 2.39. The molecule has 0 unspecified atom stereocenters. The molecule has 39 heavy (non-hydrogen) atoms. The average Bonchev–Trinajstić information content (AvgIpc) is 3.34. The second-order valence-electron chi connectivity index (χ2n) is 10.6. The zero-order valence-corrected chi connectivity index (χ0v) is 24.3. The number of nitrogens with one attached hydrogen (secondary N) is 2. The SMILES string of the molecule is CC(=O)c1cccc(NC(=O)Nc2cc3c(cc2C[N+]2(C)CCC(Cc4ccc(F)cc4)CC2)OCO3)c1.[I-]. The molecule has 0 atom stereocenters. The summed E-state index contributed by atoms with van der Waals surface area (Å²) in [5, 5.41) is 5.80. The van der Waals surface area contributed by atoms with E-state index < -0.39 is 6.03 Å². The molecule has 0 radical (unpaired) electrons. The van der Waals surface area contributed by atoms with E-state index in [0.29, 0.717) is 34.4 Å². The van der Waals surface area contributed by atoms with Crippen molar-refractivity contribution in [2.75, 3.05) is 37.6 Å². The number of piperidine rings is 1. The Morgan fingerprint density at radius 2 is 1.67 bits per heavy atom. The lowest BCUT2D eigenvalue weighted by molar-refractivity contribution is -0.928. The summed E-state index contributed by atoms with van der Waals surface area (Å²) in [6, 6.07) is 17.1. The quantitative estimate of drug-likeness (QED) is 0.236. The first kappa shape index (κ1) is 28.8. The first-order valence-electron chi connectivity index (χ1n) is 13.0. The molecule has 7 nitrogen and oxygen atoms in total. The Kier molecular flexibility index (Phi) is 9.12. The maximum absolute atomic E-state index is 13.3. The number of carbonyl (C=O) groups excluding carboxylic acids is 2. The summed E-state index contributed by atoms with van der Waals surface area (Å²) in [6.45, 7) is 4.38. The average molecular weight is 646 g/mol. The lowest BCUT2D eigenvalue weighted by Gasteiger charge is -2.41. The van der Waals surface area contributed by atoms with E-state index in [4.69, 9.17) is 9.47 Å². The molecule has 206 valence electrons. The van der Waals surface area contributed by atoms with Crippen LogP contribution < -0.4 is 44.1 Å². The monoisotopic (exact) mass is 645 g/mol. The summed E-state index contributed by atoms with van der Waals surface area (Å²) in [4.78, 5) is 24.6. The third-order valence-corrected chi connectivity index (χ3v) is 7.52. The van der Waals surface area contributed by atoms with E-state index in [9.17, 15) is 14.0 Å². The van der Waals surface area contributed by atoms with Gasteiger partial charge < -0.3 is 48.6 Å². The first-order valence-corrected chi connectivity index (χ1v) is 13.0. The van der Waals surface area contributed by atoms with Crippen LogP contribution >= 0.6 is 0 Å². The van der Waals surface area contributed by atoms with Gasteiger partial charge in [0.05, 0.1) is 25.8 Å². The van der Waals surface area contributed by atoms with Crippen LogP contribution in [0.25, 0.3) is 0 Å². The number of fused-ring (bicyclic) bond motifs is 1. The molecule has 9 heteroatoms. The molecule has 0 spiro atoms. The highest BCUT2D eigenvalue weighted by atomic mass is 127. The van der Waals surface area contributed by atoms with E-state index in [0.717, 1.165) is 48.9 Å². The zero-order chi connectivity index (χ0) is 26.7. The van der Waals surface area contributed by atoms with Gasteiger partial charge in [-0.3, -0.25) is 4.79 Å². The Hall–Kier alpha value is -3.18. The molecule has 0 aromatic heterocycles. The number of Topliss-reactive ketones (excluding diaryl/α,β-unsaturated/α-hetero) is 1. The van der Waals surface area contributed by atoms with Crippen LogP contribution in [0, 0.1) is 11.7 Å². The summed E-state index contributed by atoms with van der Waals surface area (Å²) >= 11 is 0. The van der Waals surface area contributed by atoms with Crippen molar-refractivity contribution in [3.63, 3.8) is 0 Å². The number of likely N-dealkylation sites (tertiary alicyclic amines) is 1. The van der Waals surface area contributed by atoms with Crippen LogP contribution in [0.2, 0.25) is 0 Å². The standard InChI is InChI=1S/C30H32FN3O4.HI/c1-20(35)23-4-3-5-26(15-23)32-30(36)33-27-17-29-28(37-19-38-29)16-24(27)18-34(2)12-10-22(11-13-34)14-21-6-8-25(31)9-7-21;/h3-9,15-17,22H,10-14,18-19H2,1-2H3,(H-,32,33,36);1H. The van der Waals surface area contributed by atoms with Gasteiger partial charge in [0.2, 0.25) is 6.79 Å². The van der Waals surface area contributed by atoms with Gasteiger partial charge in [0, 0.05) is 22.9 Å². The summed E-state index contributed by atoms with van der Waals surface area (Å²) in [5.74, 6) is 1.58. The Morgan fingerprint density at radius 3 is 2.36 bits per heavy atom. The van der Waals surface area contributed by atoms with Gasteiger partial charge >= 0.3 is 6.03 Å². The number of ether oxygens (including phenoxy) is 2. The number of halogens is 2. The molecule has 2 amide bonds. The summed E-state index contributed by atoms with van der Waals surface area (Å²) in [5.41, 5.74) is 3.89. The molecule has 2 heterocycles. The number of urea groups is 1. The molecule has 1 saturated heterocycles. The van der Waals surface area contributed by atoms with Crippen LogP contribution in [0.5, 0.6) is 11.5 Å². The van der Waals surface area contributed by atoms with E-state index in [1.54, 1.807) is 24.3 Å². The number of nitrogens with zero attached hydrogens (tertiary/aromatic N) is 1. The van der Waals surface area contributed by atoms with Crippen molar-refractivity contribution in [3.8, 4) is 11.5 Å². The fourth-order valence-corrected chi connectivity index (χ4v) is 5.30. The Morgan fingerprint density at radius 1 is 0.974 bits per heavy atom. The molecule has 2 aliphatic heterocycles.